The molecule has 1 saturated heterocycles. The Morgan fingerprint density at radius 1 is 1.28 bits per heavy atom. The molecule has 2 rings (SSSR count). The number of carbonyl (C=O) groups excluding carboxylic acids is 1. The number of carboxylic acids is 1. The van der Waals surface area contributed by atoms with Gasteiger partial charge in [0.1, 0.15) is 6.04 Å². The normalized spacial score (nSPS) is 19.6. The number of benzene rings is 1. The number of hydrogen-bond donors (Lipinski definition) is 1. The molecule has 1 aromatic carbocycles. The van der Waals surface area contributed by atoms with Gasteiger partial charge in [0.05, 0.1) is 10.6 Å². The molecule has 1 aromatic rings. The minimum atomic E-state index is -0.949. The maximum absolute atomic E-state index is 12.3. The van der Waals surface area contributed by atoms with Crippen LogP contribution in [0.1, 0.15) is 29.6 Å². The number of carbonyl (C=O) groups is 2. The lowest BCUT2D eigenvalue weighted by atomic mass is 10.0. The molecule has 1 N–H and O–H groups in total. The molecular formula is C13H14ClNO3. The van der Waals surface area contributed by atoms with E-state index in [1.54, 1.807) is 24.3 Å². The molecule has 0 spiro atoms. The second kappa shape index (κ2) is 5.40. The number of rotatable bonds is 2. The monoisotopic (exact) mass is 267 g/mol. The van der Waals surface area contributed by atoms with Crippen molar-refractivity contribution >= 4 is 23.5 Å². The van der Waals surface area contributed by atoms with E-state index >= 15 is 0 Å². The molecule has 1 amide bonds. The fourth-order valence-electron chi connectivity index (χ4n) is 2.22. The molecule has 1 atom stereocenters. The number of carboxylic acid groups (broad SMARTS) is 1. The van der Waals surface area contributed by atoms with Crippen molar-refractivity contribution in [2.75, 3.05) is 6.54 Å². The van der Waals surface area contributed by atoms with Crippen LogP contribution in [-0.2, 0) is 4.79 Å². The summed E-state index contributed by atoms with van der Waals surface area (Å²) in [7, 11) is 0. The summed E-state index contributed by atoms with van der Waals surface area (Å²) < 4.78 is 0. The van der Waals surface area contributed by atoms with Crippen molar-refractivity contribution in [3.63, 3.8) is 0 Å². The zero-order valence-corrected chi connectivity index (χ0v) is 10.6. The van der Waals surface area contributed by atoms with Gasteiger partial charge in [-0.25, -0.2) is 4.79 Å². The van der Waals surface area contributed by atoms with Crippen LogP contribution >= 0.6 is 11.6 Å². The Hall–Kier alpha value is -1.55. The van der Waals surface area contributed by atoms with Gasteiger partial charge < -0.3 is 10.0 Å². The van der Waals surface area contributed by atoms with Crippen LogP contribution in [0.3, 0.4) is 0 Å². The summed E-state index contributed by atoms with van der Waals surface area (Å²) >= 11 is 5.97. The zero-order valence-electron chi connectivity index (χ0n) is 9.80. The average Bonchev–Trinajstić information content (AvgIpc) is 2.38. The predicted molar refractivity (Wildman–Crippen MR) is 67.8 cm³/mol. The summed E-state index contributed by atoms with van der Waals surface area (Å²) in [6, 6.07) is 5.98. The van der Waals surface area contributed by atoms with Crippen LogP contribution in [0, 0.1) is 0 Å². The molecule has 0 saturated carbocycles. The minimum Gasteiger partial charge on any atom is -0.480 e. The van der Waals surface area contributed by atoms with Crippen LogP contribution in [0.5, 0.6) is 0 Å². The summed E-state index contributed by atoms with van der Waals surface area (Å²) in [6.07, 6.45) is 2.18. The molecule has 1 unspecified atom stereocenters. The number of aliphatic carboxylic acids is 1. The van der Waals surface area contributed by atoms with E-state index in [0.717, 1.165) is 12.8 Å². The first-order valence-corrected chi connectivity index (χ1v) is 6.27. The maximum Gasteiger partial charge on any atom is 0.326 e. The third-order valence-corrected chi connectivity index (χ3v) is 3.48. The second-order valence-electron chi connectivity index (χ2n) is 4.33. The fourth-order valence-corrected chi connectivity index (χ4v) is 2.44. The van der Waals surface area contributed by atoms with Gasteiger partial charge in [-0.15, -0.1) is 0 Å². The van der Waals surface area contributed by atoms with Crippen molar-refractivity contribution in [2.45, 2.75) is 25.3 Å². The van der Waals surface area contributed by atoms with Gasteiger partial charge >= 0.3 is 5.97 Å². The van der Waals surface area contributed by atoms with Crippen molar-refractivity contribution in [2.24, 2.45) is 0 Å². The highest BCUT2D eigenvalue weighted by atomic mass is 35.5. The Balaban J connectivity index is 2.27. The first-order valence-electron chi connectivity index (χ1n) is 5.89. The van der Waals surface area contributed by atoms with E-state index in [2.05, 4.69) is 0 Å². The topological polar surface area (TPSA) is 57.6 Å². The summed E-state index contributed by atoms with van der Waals surface area (Å²) in [6.45, 7) is 0.473. The zero-order chi connectivity index (χ0) is 13.1. The average molecular weight is 268 g/mol. The number of halogens is 1. The third kappa shape index (κ3) is 2.48. The van der Waals surface area contributed by atoms with E-state index in [4.69, 9.17) is 16.7 Å². The molecule has 0 aliphatic carbocycles. The van der Waals surface area contributed by atoms with Crippen LogP contribution in [0.25, 0.3) is 0 Å². The van der Waals surface area contributed by atoms with Crippen LogP contribution in [-0.4, -0.2) is 34.5 Å². The quantitative estimate of drug-likeness (QED) is 0.895. The van der Waals surface area contributed by atoms with Gasteiger partial charge in [-0.2, -0.15) is 0 Å². The molecule has 0 bridgehead atoms. The molecule has 0 radical (unpaired) electrons. The van der Waals surface area contributed by atoms with Crippen molar-refractivity contribution < 1.29 is 14.7 Å². The molecule has 96 valence electrons. The molecule has 4 nitrogen and oxygen atoms in total. The van der Waals surface area contributed by atoms with E-state index in [-0.39, 0.29) is 5.91 Å². The smallest absolute Gasteiger partial charge is 0.326 e. The first-order chi connectivity index (χ1) is 8.61. The number of nitrogens with zero attached hydrogens (tertiary/aromatic N) is 1. The van der Waals surface area contributed by atoms with Crippen molar-refractivity contribution in [3.05, 3.63) is 34.9 Å². The molecule has 1 fully saturated rings. The van der Waals surface area contributed by atoms with Crippen LogP contribution in [0.2, 0.25) is 5.02 Å². The van der Waals surface area contributed by atoms with Gasteiger partial charge in [-0.3, -0.25) is 4.79 Å². The van der Waals surface area contributed by atoms with Crippen molar-refractivity contribution in [3.8, 4) is 0 Å². The van der Waals surface area contributed by atoms with E-state index in [1.807, 2.05) is 0 Å². The van der Waals surface area contributed by atoms with Crippen LogP contribution in [0.15, 0.2) is 24.3 Å². The number of amides is 1. The maximum atomic E-state index is 12.3. The van der Waals surface area contributed by atoms with Gasteiger partial charge in [0.25, 0.3) is 5.91 Å². The highest BCUT2D eigenvalue weighted by Crippen LogP contribution is 2.23. The lowest BCUT2D eigenvalue weighted by molar-refractivity contribution is -0.143. The van der Waals surface area contributed by atoms with E-state index in [9.17, 15) is 9.59 Å². The molecule has 1 aliphatic heterocycles. The highest BCUT2D eigenvalue weighted by molar-refractivity contribution is 6.33. The predicted octanol–water partition coefficient (Wildman–Crippen LogP) is 2.42. The first kappa shape index (κ1) is 12.9. The molecule has 18 heavy (non-hydrogen) atoms. The van der Waals surface area contributed by atoms with Gasteiger partial charge in [0.15, 0.2) is 0 Å². The Morgan fingerprint density at radius 2 is 2.00 bits per heavy atom. The SMILES string of the molecule is O=C(O)C1CCCCN1C(=O)c1ccccc1Cl. The van der Waals surface area contributed by atoms with Gasteiger partial charge in [0, 0.05) is 6.54 Å². The largest absolute Gasteiger partial charge is 0.480 e. The number of piperidine rings is 1. The van der Waals surface area contributed by atoms with Gasteiger partial charge in [-0.1, -0.05) is 23.7 Å². The minimum absolute atomic E-state index is 0.298. The van der Waals surface area contributed by atoms with Crippen LogP contribution in [0.4, 0.5) is 0 Å². The van der Waals surface area contributed by atoms with Crippen LogP contribution < -0.4 is 0 Å². The number of likely N-dealkylation sites (tertiary alicyclic amines) is 1. The Morgan fingerprint density at radius 3 is 2.67 bits per heavy atom. The molecule has 1 aliphatic rings. The molecule has 5 heteroatoms. The lowest BCUT2D eigenvalue weighted by Crippen LogP contribution is -2.48. The Labute approximate surface area is 110 Å². The van der Waals surface area contributed by atoms with Crippen molar-refractivity contribution in [1.82, 2.24) is 4.90 Å². The lowest BCUT2D eigenvalue weighted by Gasteiger charge is -2.33. The Bertz CT molecular complexity index is 475. The fraction of sp³-hybridized carbons (Fsp3) is 0.385. The second-order valence-corrected chi connectivity index (χ2v) is 4.74. The summed E-state index contributed by atoms with van der Waals surface area (Å²) in [5.74, 6) is -1.25. The number of hydrogen-bond acceptors (Lipinski definition) is 2. The summed E-state index contributed by atoms with van der Waals surface area (Å²) in [5.41, 5.74) is 0.368. The summed E-state index contributed by atoms with van der Waals surface area (Å²) in [5, 5.41) is 9.51. The highest BCUT2D eigenvalue weighted by Gasteiger charge is 2.32. The molecular weight excluding hydrogens is 254 g/mol. The standard InChI is InChI=1S/C13H14ClNO3/c14-10-6-2-1-5-9(10)12(16)15-8-4-3-7-11(15)13(17)18/h1-2,5-6,11H,3-4,7-8H2,(H,17,18). The Kier molecular flexibility index (Phi) is 3.87. The summed E-state index contributed by atoms with van der Waals surface area (Å²) in [4.78, 5) is 24.9. The molecule has 1 heterocycles. The third-order valence-electron chi connectivity index (χ3n) is 3.15. The van der Waals surface area contributed by atoms with Gasteiger partial charge in [-0.05, 0) is 31.4 Å². The van der Waals surface area contributed by atoms with Gasteiger partial charge in [0.2, 0.25) is 0 Å². The van der Waals surface area contributed by atoms with E-state index in [0.29, 0.717) is 23.6 Å². The van der Waals surface area contributed by atoms with E-state index < -0.39 is 12.0 Å². The molecule has 0 aromatic heterocycles. The van der Waals surface area contributed by atoms with E-state index in [1.165, 1.54) is 4.90 Å². The van der Waals surface area contributed by atoms with Crippen molar-refractivity contribution in [1.29, 1.82) is 0 Å².